The third-order valence-corrected chi connectivity index (χ3v) is 4.16. The molecular formula is C16H19NO5. The molecule has 0 bridgehead atoms. The van der Waals surface area contributed by atoms with Gasteiger partial charge in [-0.1, -0.05) is 30.3 Å². The summed E-state index contributed by atoms with van der Waals surface area (Å²) >= 11 is 0. The van der Waals surface area contributed by atoms with Gasteiger partial charge in [-0.15, -0.1) is 0 Å². The molecular weight excluding hydrogens is 286 g/mol. The second-order valence-corrected chi connectivity index (χ2v) is 5.56. The van der Waals surface area contributed by atoms with Gasteiger partial charge in [0.1, 0.15) is 18.9 Å². The van der Waals surface area contributed by atoms with Crippen molar-refractivity contribution in [2.75, 3.05) is 13.4 Å². The number of cyclic esters (lactones) is 2. The zero-order valence-electron chi connectivity index (χ0n) is 12.4. The van der Waals surface area contributed by atoms with Gasteiger partial charge in [0.15, 0.2) is 0 Å². The minimum absolute atomic E-state index is 0.220. The Balaban J connectivity index is 1.75. The van der Waals surface area contributed by atoms with E-state index in [1.54, 1.807) is 6.92 Å². The Labute approximate surface area is 128 Å². The molecule has 0 N–H and O–H groups in total. The average Bonchev–Trinajstić information content (AvgIpc) is 3.13. The molecule has 2 aliphatic rings. The van der Waals surface area contributed by atoms with E-state index in [2.05, 4.69) is 0 Å². The van der Waals surface area contributed by atoms with E-state index >= 15 is 0 Å². The van der Waals surface area contributed by atoms with E-state index in [1.165, 1.54) is 10.5 Å². The maximum Gasteiger partial charge on any atom is 0.418 e. The fraction of sp³-hybridized carbons (Fsp3) is 0.500. The number of ether oxygens (including phenoxy) is 3. The topological polar surface area (TPSA) is 65.1 Å². The molecule has 118 valence electrons. The van der Waals surface area contributed by atoms with E-state index in [-0.39, 0.29) is 18.9 Å². The Bertz CT molecular complexity index is 541. The average molecular weight is 305 g/mol. The number of nitrogens with zero attached hydrogens (tertiary/aromatic N) is 1. The summed E-state index contributed by atoms with van der Waals surface area (Å²) in [4.78, 5) is 25.1. The van der Waals surface area contributed by atoms with Crippen molar-refractivity contribution in [1.82, 2.24) is 4.90 Å². The van der Waals surface area contributed by atoms with Crippen LogP contribution in [0.3, 0.4) is 0 Å². The highest BCUT2D eigenvalue weighted by Crippen LogP contribution is 2.26. The molecule has 0 spiro atoms. The van der Waals surface area contributed by atoms with Crippen molar-refractivity contribution in [3.8, 4) is 0 Å². The maximum absolute atomic E-state index is 12.0. The second kappa shape index (κ2) is 6.46. The van der Waals surface area contributed by atoms with Crippen LogP contribution in [0.4, 0.5) is 4.79 Å². The van der Waals surface area contributed by atoms with Crippen LogP contribution < -0.4 is 0 Å². The number of hydrogen-bond donors (Lipinski definition) is 0. The van der Waals surface area contributed by atoms with E-state index in [9.17, 15) is 9.59 Å². The molecule has 2 saturated heterocycles. The van der Waals surface area contributed by atoms with E-state index in [4.69, 9.17) is 14.2 Å². The minimum Gasteiger partial charge on any atom is -0.375 e. The SMILES string of the molecule is C[C@@H]1C(=O)OC(=O)N1[C@H](CCc1ccccc1)C1COCO1. The van der Waals surface area contributed by atoms with E-state index < -0.39 is 18.1 Å². The molecule has 1 amide bonds. The molecule has 3 atom stereocenters. The van der Waals surface area contributed by atoms with Crippen LogP contribution >= 0.6 is 0 Å². The fourth-order valence-electron chi connectivity index (χ4n) is 2.95. The number of amides is 1. The van der Waals surface area contributed by atoms with Crippen molar-refractivity contribution >= 4 is 12.1 Å². The number of hydrogen-bond acceptors (Lipinski definition) is 5. The highest BCUT2D eigenvalue weighted by molar-refractivity contribution is 5.95. The van der Waals surface area contributed by atoms with Crippen LogP contribution in [0.25, 0.3) is 0 Å². The Morgan fingerprint density at radius 2 is 2.05 bits per heavy atom. The van der Waals surface area contributed by atoms with Crippen LogP contribution in [0.15, 0.2) is 30.3 Å². The van der Waals surface area contributed by atoms with Gasteiger partial charge >= 0.3 is 12.1 Å². The van der Waals surface area contributed by atoms with Crippen molar-refractivity contribution in [1.29, 1.82) is 0 Å². The lowest BCUT2D eigenvalue weighted by Crippen LogP contribution is -2.49. The predicted octanol–water partition coefficient (Wildman–Crippen LogP) is 1.73. The monoisotopic (exact) mass is 305 g/mol. The van der Waals surface area contributed by atoms with Crippen LogP contribution in [0.1, 0.15) is 18.9 Å². The van der Waals surface area contributed by atoms with E-state index in [0.717, 1.165) is 6.42 Å². The summed E-state index contributed by atoms with van der Waals surface area (Å²) in [5, 5.41) is 0. The van der Waals surface area contributed by atoms with Crippen LogP contribution in [-0.2, 0) is 25.4 Å². The van der Waals surface area contributed by atoms with Crippen LogP contribution in [-0.4, -0.2) is 48.5 Å². The van der Waals surface area contributed by atoms with Crippen molar-refractivity contribution in [3.05, 3.63) is 35.9 Å². The van der Waals surface area contributed by atoms with Crippen molar-refractivity contribution in [2.45, 2.75) is 38.0 Å². The standard InChI is InChI=1S/C16H19NO5/c1-11-15(18)22-16(19)17(11)13(14-9-20-10-21-14)8-7-12-5-3-2-4-6-12/h2-6,11,13-14H,7-10H2,1H3/t11-,13-,14?/m1/s1. The van der Waals surface area contributed by atoms with Crippen LogP contribution in [0, 0.1) is 0 Å². The fourth-order valence-corrected chi connectivity index (χ4v) is 2.95. The molecule has 1 unspecified atom stereocenters. The lowest BCUT2D eigenvalue weighted by Gasteiger charge is -2.31. The molecule has 0 aliphatic carbocycles. The van der Waals surface area contributed by atoms with Gasteiger partial charge in [-0.3, -0.25) is 4.90 Å². The van der Waals surface area contributed by atoms with Gasteiger partial charge in [-0.25, -0.2) is 9.59 Å². The molecule has 1 aromatic carbocycles. The summed E-state index contributed by atoms with van der Waals surface area (Å²) in [6.45, 7) is 2.32. The zero-order chi connectivity index (χ0) is 15.5. The van der Waals surface area contributed by atoms with Gasteiger partial charge < -0.3 is 14.2 Å². The third-order valence-electron chi connectivity index (χ3n) is 4.16. The summed E-state index contributed by atoms with van der Waals surface area (Å²) in [6, 6.07) is 9.19. The van der Waals surface area contributed by atoms with Gasteiger partial charge in [0.2, 0.25) is 0 Å². The highest BCUT2D eigenvalue weighted by Gasteiger charge is 2.45. The number of aryl methyl sites for hydroxylation is 1. The highest BCUT2D eigenvalue weighted by atomic mass is 16.7. The van der Waals surface area contributed by atoms with Crippen molar-refractivity contribution in [3.63, 3.8) is 0 Å². The molecule has 6 heteroatoms. The normalized spacial score (nSPS) is 26.3. The predicted molar refractivity (Wildman–Crippen MR) is 77.0 cm³/mol. The number of esters is 1. The Morgan fingerprint density at radius 1 is 1.27 bits per heavy atom. The van der Waals surface area contributed by atoms with Crippen molar-refractivity contribution < 1.29 is 23.8 Å². The molecule has 2 fully saturated rings. The molecule has 1 aromatic rings. The largest absolute Gasteiger partial charge is 0.418 e. The van der Waals surface area contributed by atoms with Gasteiger partial charge in [-0.05, 0) is 25.3 Å². The third kappa shape index (κ3) is 2.98. The van der Waals surface area contributed by atoms with Crippen LogP contribution in [0.2, 0.25) is 0 Å². The number of carbonyl (C=O) groups is 2. The molecule has 0 saturated carbocycles. The van der Waals surface area contributed by atoms with Crippen molar-refractivity contribution in [2.24, 2.45) is 0 Å². The first kappa shape index (κ1) is 15.0. The van der Waals surface area contributed by atoms with Gasteiger partial charge in [0.05, 0.1) is 12.6 Å². The molecule has 0 aromatic heterocycles. The lowest BCUT2D eigenvalue weighted by atomic mass is 9.99. The first-order valence-corrected chi connectivity index (χ1v) is 7.44. The Morgan fingerprint density at radius 3 is 2.64 bits per heavy atom. The molecule has 3 rings (SSSR count). The van der Waals surface area contributed by atoms with Gasteiger partial charge in [-0.2, -0.15) is 0 Å². The second-order valence-electron chi connectivity index (χ2n) is 5.56. The number of rotatable bonds is 5. The number of benzene rings is 1. The quantitative estimate of drug-likeness (QED) is 0.612. The summed E-state index contributed by atoms with van der Waals surface area (Å²) in [7, 11) is 0. The smallest absolute Gasteiger partial charge is 0.375 e. The lowest BCUT2D eigenvalue weighted by molar-refractivity contribution is -0.135. The molecule has 2 aliphatic heterocycles. The summed E-state index contributed by atoms with van der Waals surface area (Å²) in [5.74, 6) is -0.506. The van der Waals surface area contributed by atoms with Gasteiger partial charge in [0.25, 0.3) is 0 Å². The molecule has 0 radical (unpaired) electrons. The Hall–Kier alpha value is -1.92. The van der Waals surface area contributed by atoms with E-state index in [0.29, 0.717) is 13.0 Å². The zero-order valence-corrected chi connectivity index (χ0v) is 12.4. The summed E-state index contributed by atoms with van der Waals surface area (Å²) < 4.78 is 15.6. The molecule has 6 nitrogen and oxygen atoms in total. The minimum atomic E-state index is -0.592. The first-order chi connectivity index (χ1) is 10.7. The van der Waals surface area contributed by atoms with Gasteiger partial charge in [0, 0.05) is 0 Å². The van der Waals surface area contributed by atoms with E-state index in [1.807, 2.05) is 30.3 Å². The van der Waals surface area contributed by atoms with Crippen LogP contribution in [0.5, 0.6) is 0 Å². The first-order valence-electron chi connectivity index (χ1n) is 7.44. The molecule has 22 heavy (non-hydrogen) atoms. The molecule has 2 heterocycles. The summed E-state index contributed by atoms with van der Waals surface area (Å²) in [6.07, 6.45) is 0.650. The summed E-state index contributed by atoms with van der Waals surface area (Å²) in [5.41, 5.74) is 1.18. The Kier molecular flexibility index (Phi) is 4.40. The maximum atomic E-state index is 12.0. The number of carbonyl (C=O) groups excluding carboxylic acids is 2.